The predicted octanol–water partition coefficient (Wildman–Crippen LogP) is 2.15. The van der Waals surface area contributed by atoms with Crippen LogP contribution in [0.3, 0.4) is 0 Å². The summed E-state index contributed by atoms with van der Waals surface area (Å²) in [4.78, 5) is 16.0. The second-order valence-corrected chi connectivity index (χ2v) is 5.80. The van der Waals surface area contributed by atoms with E-state index in [0.717, 1.165) is 32.6 Å². The highest BCUT2D eigenvalue weighted by molar-refractivity contribution is 5.81. The standard InChI is InChI=1S/C16H31N3O2/c1-6-13(4)18-11-17-15(9-10-21-16(20)8-3)19(12-18)14(5)7-2/h8,13-15,17H,3,6-7,9-12H2,1-2,4-5H3. The van der Waals surface area contributed by atoms with Gasteiger partial charge in [0, 0.05) is 24.6 Å². The van der Waals surface area contributed by atoms with Crippen molar-refractivity contribution >= 4 is 5.97 Å². The first-order valence-corrected chi connectivity index (χ1v) is 8.05. The van der Waals surface area contributed by atoms with Crippen LogP contribution in [-0.2, 0) is 9.53 Å². The van der Waals surface area contributed by atoms with Crippen LogP contribution in [0.5, 0.6) is 0 Å². The van der Waals surface area contributed by atoms with Crippen molar-refractivity contribution in [1.29, 1.82) is 0 Å². The molecule has 0 amide bonds. The van der Waals surface area contributed by atoms with E-state index in [1.165, 1.54) is 6.08 Å². The van der Waals surface area contributed by atoms with Crippen LogP contribution in [0.4, 0.5) is 0 Å². The molecule has 1 aliphatic heterocycles. The third kappa shape index (κ3) is 5.41. The van der Waals surface area contributed by atoms with E-state index in [1.807, 2.05) is 0 Å². The van der Waals surface area contributed by atoms with Gasteiger partial charge in [-0.3, -0.25) is 15.1 Å². The van der Waals surface area contributed by atoms with E-state index in [1.54, 1.807) is 0 Å². The van der Waals surface area contributed by atoms with Gasteiger partial charge in [0.2, 0.25) is 0 Å². The number of nitrogens with one attached hydrogen (secondary N) is 1. The number of ether oxygens (including phenoxy) is 1. The minimum atomic E-state index is -0.345. The number of carbonyl (C=O) groups excluding carboxylic acids is 1. The normalized spacial score (nSPS) is 23.5. The molecule has 1 aliphatic rings. The molecule has 0 bridgehead atoms. The Hall–Kier alpha value is -0.910. The molecule has 3 unspecified atom stereocenters. The van der Waals surface area contributed by atoms with E-state index >= 15 is 0 Å². The molecular formula is C16H31N3O2. The van der Waals surface area contributed by atoms with Crippen LogP contribution >= 0.6 is 0 Å². The lowest BCUT2D eigenvalue weighted by molar-refractivity contribution is -0.138. The molecule has 122 valence electrons. The summed E-state index contributed by atoms with van der Waals surface area (Å²) in [5, 5.41) is 3.58. The van der Waals surface area contributed by atoms with Gasteiger partial charge in [-0.25, -0.2) is 4.79 Å². The molecule has 0 saturated carbocycles. The van der Waals surface area contributed by atoms with E-state index in [9.17, 15) is 4.79 Å². The van der Waals surface area contributed by atoms with Crippen LogP contribution in [-0.4, -0.2) is 54.0 Å². The fourth-order valence-corrected chi connectivity index (χ4v) is 2.53. The highest BCUT2D eigenvalue weighted by atomic mass is 16.5. The number of nitrogens with zero attached hydrogens (tertiary/aromatic N) is 2. The zero-order chi connectivity index (χ0) is 15.8. The summed E-state index contributed by atoms with van der Waals surface area (Å²) in [7, 11) is 0. The van der Waals surface area contributed by atoms with Crippen LogP contribution in [0, 0.1) is 0 Å². The van der Waals surface area contributed by atoms with E-state index in [0.29, 0.717) is 18.7 Å². The molecule has 0 aliphatic carbocycles. The van der Waals surface area contributed by atoms with E-state index in [4.69, 9.17) is 4.74 Å². The molecule has 21 heavy (non-hydrogen) atoms. The summed E-state index contributed by atoms with van der Waals surface area (Å²) >= 11 is 0. The lowest BCUT2D eigenvalue weighted by Crippen LogP contribution is -2.63. The molecule has 3 atom stereocenters. The minimum absolute atomic E-state index is 0.262. The smallest absolute Gasteiger partial charge is 0.330 e. The lowest BCUT2D eigenvalue weighted by atomic mass is 10.1. The Labute approximate surface area is 129 Å². The first-order valence-electron chi connectivity index (χ1n) is 8.05. The van der Waals surface area contributed by atoms with Crippen molar-refractivity contribution in [2.45, 2.75) is 65.2 Å². The van der Waals surface area contributed by atoms with E-state index in [-0.39, 0.29) is 12.1 Å². The van der Waals surface area contributed by atoms with Crippen LogP contribution in [0.1, 0.15) is 47.0 Å². The Morgan fingerprint density at radius 3 is 2.62 bits per heavy atom. The summed E-state index contributed by atoms with van der Waals surface area (Å²) in [5.74, 6) is -0.345. The maximum absolute atomic E-state index is 11.1. The zero-order valence-corrected chi connectivity index (χ0v) is 14.0. The molecule has 1 rings (SSSR count). The molecule has 5 nitrogen and oxygen atoms in total. The highest BCUT2D eigenvalue weighted by Gasteiger charge is 2.30. The first kappa shape index (κ1) is 18.1. The largest absolute Gasteiger partial charge is 0.462 e. The van der Waals surface area contributed by atoms with Crippen molar-refractivity contribution in [2.24, 2.45) is 0 Å². The molecular weight excluding hydrogens is 266 g/mol. The van der Waals surface area contributed by atoms with Crippen molar-refractivity contribution in [1.82, 2.24) is 15.1 Å². The minimum Gasteiger partial charge on any atom is -0.462 e. The Bertz CT molecular complexity index is 335. The predicted molar refractivity (Wildman–Crippen MR) is 85.6 cm³/mol. The van der Waals surface area contributed by atoms with Crippen LogP contribution in [0.15, 0.2) is 12.7 Å². The third-order valence-corrected chi connectivity index (χ3v) is 4.45. The second-order valence-electron chi connectivity index (χ2n) is 5.80. The lowest BCUT2D eigenvalue weighted by Gasteiger charge is -2.47. The fraction of sp³-hybridized carbons (Fsp3) is 0.812. The molecule has 5 heteroatoms. The van der Waals surface area contributed by atoms with Crippen LogP contribution in [0.25, 0.3) is 0 Å². The number of esters is 1. The van der Waals surface area contributed by atoms with Crippen LogP contribution in [0.2, 0.25) is 0 Å². The fourth-order valence-electron chi connectivity index (χ4n) is 2.53. The Morgan fingerprint density at radius 2 is 2.05 bits per heavy atom. The average molecular weight is 297 g/mol. The van der Waals surface area contributed by atoms with Gasteiger partial charge in [-0.2, -0.15) is 0 Å². The number of carbonyl (C=O) groups is 1. The molecule has 0 aromatic rings. The van der Waals surface area contributed by atoms with Gasteiger partial charge in [0.05, 0.1) is 26.1 Å². The Kier molecular flexibility index (Phi) is 7.93. The van der Waals surface area contributed by atoms with Gasteiger partial charge in [-0.15, -0.1) is 0 Å². The Balaban J connectivity index is 2.57. The maximum Gasteiger partial charge on any atom is 0.330 e. The van der Waals surface area contributed by atoms with Crippen LogP contribution < -0.4 is 5.32 Å². The quantitative estimate of drug-likeness (QED) is 0.549. The average Bonchev–Trinajstić information content (AvgIpc) is 2.53. The Morgan fingerprint density at radius 1 is 1.38 bits per heavy atom. The van der Waals surface area contributed by atoms with Gasteiger partial charge in [0.1, 0.15) is 0 Å². The topological polar surface area (TPSA) is 44.8 Å². The SMILES string of the molecule is C=CC(=O)OCCC1NCN(C(C)CC)CN1C(C)CC. The molecule has 1 saturated heterocycles. The van der Waals surface area contributed by atoms with Gasteiger partial charge in [0.25, 0.3) is 0 Å². The van der Waals surface area contributed by atoms with Crippen molar-refractivity contribution in [3.05, 3.63) is 12.7 Å². The summed E-state index contributed by atoms with van der Waals surface area (Å²) in [6.07, 6.45) is 4.54. The summed E-state index contributed by atoms with van der Waals surface area (Å²) < 4.78 is 5.11. The molecule has 0 spiro atoms. The highest BCUT2D eigenvalue weighted by Crippen LogP contribution is 2.17. The van der Waals surface area contributed by atoms with Crippen molar-refractivity contribution in [3.63, 3.8) is 0 Å². The number of hydrogen-bond donors (Lipinski definition) is 1. The molecule has 0 aromatic heterocycles. The van der Waals surface area contributed by atoms with Gasteiger partial charge in [-0.05, 0) is 26.7 Å². The molecule has 1 N–H and O–H groups in total. The maximum atomic E-state index is 11.1. The molecule has 0 radical (unpaired) electrons. The van der Waals surface area contributed by atoms with E-state index < -0.39 is 0 Å². The van der Waals surface area contributed by atoms with E-state index in [2.05, 4.69) is 49.4 Å². The van der Waals surface area contributed by atoms with Gasteiger partial charge in [0.15, 0.2) is 0 Å². The monoisotopic (exact) mass is 297 g/mol. The summed E-state index contributed by atoms with van der Waals surface area (Å²) in [6.45, 7) is 14.7. The van der Waals surface area contributed by atoms with Gasteiger partial charge >= 0.3 is 5.97 Å². The van der Waals surface area contributed by atoms with Gasteiger partial charge < -0.3 is 4.74 Å². The summed E-state index contributed by atoms with van der Waals surface area (Å²) in [5.41, 5.74) is 0. The third-order valence-electron chi connectivity index (χ3n) is 4.45. The molecule has 1 heterocycles. The van der Waals surface area contributed by atoms with Crippen molar-refractivity contribution < 1.29 is 9.53 Å². The molecule has 1 fully saturated rings. The zero-order valence-electron chi connectivity index (χ0n) is 14.0. The first-order chi connectivity index (χ1) is 10.0. The second kappa shape index (κ2) is 9.18. The summed E-state index contributed by atoms with van der Waals surface area (Å²) in [6, 6.07) is 1.08. The molecule has 0 aromatic carbocycles. The van der Waals surface area contributed by atoms with Crippen molar-refractivity contribution in [2.75, 3.05) is 19.9 Å². The van der Waals surface area contributed by atoms with Crippen molar-refractivity contribution in [3.8, 4) is 0 Å². The van der Waals surface area contributed by atoms with Gasteiger partial charge in [-0.1, -0.05) is 20.4 Å². The number of rotatable bonds is 8. The number of hydrogen-bond acceptors (Lipinski definition) is 5.